The van der Waals surface area contributed by atoms with Crippen LogP contribution in [0.1, 0.15) is 18.9 Å². The molecule has 18 heavy (non-hydrogen) atoms. The highest BCUT2D eigenvalue weighted by Gasteiger charge is 2.08. The van der Waals surface area contributed by atoms with Gasteiger partial charge in [0.25, 0.3) is 0 Å². The molecule has 0 bridgehead atoms. The van der Waals surface area contributed by atoms with Gasteiger partial charge in [0, 0.05) is 19.0 Å². The quantitative estimate of drug-likeness (QED) is 0.863. The Morgan fingerprint density at radius 2 is 2.11 bits per heavy atom. The van der Waals surface area contributed by atoms with Crippen LogP contribution in [0.4, 0.5) is 8.78 Å². The molecule has 0 aliphatic rings. The predicted molar refractivity (Wildman–Crippen MR) is 68.6 cm³/mol. The zero-order valence-corrected chi connectivity index (χ0v) is 10.9. The molecule has 1 rings (SSSR count). The van der Waals surface area contributed by atoms with E-state index in [1.807, 2.05) is 0 Å². The van der Waals surface area contributed by atoms with E-state index in [9.17, 15) is 13.6 Å². The zero-order valence-electron chi connectivity index (χ0n) is 10.1. The van der Waals surface area contributed by atoms with Crippen molar-refractivity contribution < 1.29 is 13.6 Å². The minimum Gasteiger partial charge on any atom is -0.356 e. The lowest BCUT2D eigenvalue weighted by molar-refractivity contribution is -0.121. The van der Waals surface area contributed by atoms with E-state index in [2.05, 4.69) is 5.32 Å². The molecule has 0 fully saturated rings. The molecule has 1 amide bonds. The zero-order chi connectivity index (χ0) is 12.8. The second-order valence-corrected chi connectivity index (χ2v) is 3.99. The molecule has 0 saturated heterocycles. The van der Waals surface area contributed by atoms with Gasteiger partial charge in [-0.3, -0.25) is 4.79 Å². The Hall–Kier alpha value is -1.20. The van der Waals surface area contributed by atoms with Gasteiger partial charge in [0.2, 0.25) is 5.91 Å². The molecule has 0 aliphatic carbocycles. The van der Waals surface area contributed by atoms with E-state index in [1.54, 1.807) is 6.92 Å². The number of halogens is 3. The van der Waals surface area contributed by atoms with Crippen molar-refractivity contribution >= 4 is 18.3 Å². The summed E-state index contributed by atoms with van der Waals surface area (Å²) in [4.78, 5) is 11.2. The van der Waals surface area contributed by atoms with Crippen LogP contribution in [-0.2, 0) is 11.2 Å². The fourth-order valence-electron chi connectivity index (χ4n) is 1.44. The third-order valence-corrected chi connectivity index (χ3v) is 2.26. The predicted octanol–water partition coefficient (Wildman–Crippen LogP) is 1.78. The van der Waals surface area contributed by atoms with E-state index < -0.39 is 11.6 Å². The van der Waals surface area contributed by atoms with Gasteiger partial charge in [0.1, 0.15) is 0 Å². The summed E-state index contributed by atoms with van der Waals surface area (Å²) < 4.78 is 26.1. The minimum absolute atomic E-state index is 0. The van der Waals surface area contributed by atoms with Crippen LogP contribution in [0.15, 0.2) is 18.2 Å². The van der Waals surface area contributed by atoms with Gasteiger partial charge in [-0.25, -0.2) is 8.78 Å². The number of carbonyl (C=O) groups is 1. The average Bonchev–Trinajstić information content (AvgIpc) is 2.23. The number of amides is 1. The highest BCUT2D eigenvalue weighted by atomic mass is 35.5. The first-order valence-corrected chi connectivity index (χ1v) is 5.46. The Morgan fingerprint density at radius 3 is 2.72 bits per heavy atom. The molecule has 1 aromatic rings. The molecule has 0 aromatic heterocycles. The van der Waals surface area contributed by atoms with Crippen LogP contribution in [0.5, 0.6) is 0 Å². The fraction of sp³-hybridized carbons (Fsp3) is 0.417. The number of nitrogens with two attached hydrogens (primary N) is 1. The molecule has 1 aromatic carbocycles. The Kier molecular flexibility index (Phi) is 7.47. The van der Waals surface area contributed by atoms with E-state index in [4.69, 9.17) is 5.73 Å². The van der Waals surface area contributed by atoms with Crippen molar-refractivity contribution in [1.82, 2.24) is 5.32 Å². The van der Waals surface area contributed by atoms with Crippen LogP contribution in [0.25, 0.3) is 0 Å². The second kappa shape index (κ2) is 8.00. The van der Waals surface area contributed by atoms with Crippen molar-refractivity contribution in [1.29, 1.82) is 0 Å². The maximum Gasteiger partial charge on any atom is 0.221 e. The molecule has 3 nitrogen and oxygen atoms in total. The van der Waals surface area contributed by atoms with Crippen molar-refractivity contribution in [2.45, 2.75) is 25.8 Å². The SMILES string of the molecule is CC(N)CC(=O)NCCc1cccc(F)c1F.Cl. The van der Waals surface area contributed by atoms with Crippen molar-refractivity contribution in [2.24, 2.45) is 5.73 Å². The van der Waals surface area contributed by atoms with Gasteiger partial charge < -0.3 is 11.1 Å². The first kappa shape index (κ1) is 16.8. The van der Waals surface area contributed by atoms with Gasteiger partial charge in [-0.05, 0) is 25.0 Å². The molecule has 1 atom stereocenters. The Labute approximate surface area is 111 Å². The summed E-state index contributed by atoms with van der Waals surface area (Å²) in [6.07, 6.45) is 0.486. The normalized spacial score (nSPS) is 11.6. The van der Waals surface area contributed by atoms with Crippen LogP contribution in [0, 0.1) is 11.6 Å². The van der Waals surface area contributed by atoms with E-state index in [1.165, 1.54) is 12.1 Å². The minimum atomic E-state index is -0.871. The van der Waals surface area contributed by atoms with Crippen molar-refractivity contribution in [3.8, 4) is 0 Å². The number of rotatable bonds is 5. The lowest BCUT2D eigenvalue weighted by Gasteiger charge is -2.08. The van der Waals surface area contributed by atoms with Crippen molar-refractivity contribution in [3.63, 3.8) is 0 Å². The fourth-order valence-corrected chi connectivity index (χ4v) is 1.44. The largest absolute Gasteiger partial charge is 0.356 e. The number of hydrogen-bond donors (Lipinski definition) is 2. The molecule has 3 N–H and O–H groups in total. The van der Waals surface area contributed by atoms with Crippen LogP contribution in [0.3, 0.4) is 0 Å². The monoisotopic (exact) mass is 278 g/mol. The van der Waals surface area contributed by atoms with Crippen LogP contribution in [-0.4, -0.2) is 18.5 Å². The van der Waals surface area contributed by atoms with Gasteiger partial charge in [0.15, 0.2) is 11.6 Å². The van der Waals surface area contributed by atoms with Crippen LogP contribution >= 0.6 is 12.4 Å². The van der Waals surface area contributed by atoms with Crippen molar-refractivity contribution in [3.05, 3.63) is 35.4 Å². The van der Waals surface area contributed by atoms with Gasteiger partial charge in [-0.15, -0.1) is 12.4 Å². The third-order valence-electron chi connectivity index (χ3n) is 2.26. The number of carbonyl (C=O) groups excluding carboxylic acids is 1. The Bertz CT molecular complexity index is 400. The Balaban J connectivity index is 0.00000289. The third kappa shape index (κ3) is 5.42. The summed E-state index contributed by atoms with van der Waals surface area (Å²) in [6.45, 7) is 2.00. The highest BCUT2D eigenvalue weighted by Crippen LogP contribution is 2.11. The maximum absolute atomic E-state index is 13.2. The molecule has 6 heteroatoms. The summed E-state index contributed by atoms with van der Waals surface area (Å²) in [6, 6.07) is 3.79. The molecule has 0 heterocycles. The number of nitrogens with one attached hydrogen (secondary N) is 1. The van der Waals surface area contributed by atoms with E-state index in [0.29, 0.717) is 0 Å². The Morgan fingerprint density at radius 1 is 1.44 bits per heavy atom. The number of benzene rings is 1. The summed E-state index contributed by atoms with van der Waals surface area (Å²) in [5, 5.41) is 2.60. The molecule has 102 valence electrons. The second-order valence-electron chi connectivity index (χ2n) is 3.99. The van der Waals surface area contributed by atoms with Gasteiger partial charge in [-0.1, -0.05) is 12.1 Å². The first-order chi connectivity index (χ1) is 8.00. The summed E-state index contributed by atoms with van der Waals surface area (Å²) in [7, 11) is 0. The smallest absolute Gasteiger partial charge is 0.221 e. The van der Waals surface area contributed by atoms with Crippen molar-refractivity contribution in [2.75, 3.05) is 6.54 Å². The van der Waals surface area contributed by atoms with E-state index in [-0.39, 0.29) is 49.3 Å². The van der Waals surface area contributed by atoms with Gasteiger partial charge in [0.05, 0.1) is 0 Å². The molecule has 0 radical (unpaired) electrons. The molecule has 0 saturated carbocycles. The number of hydrogen-bond acceptors (Lipinski definition) is 2. The first-order valence-electron chi connectivity index (χ1n) is 5.46. The van der Waals surface area contributed by atoms with E-state index in [0.717, 1.165) is 6.07 Å². The highest BCUT2D eigenvalue weighted by molar-refractivity contribution is 5.85. The molecular weight excluding hydrogens is 262 g/mol. The average molecular weight is 279 g/mol. The molecule has 0 spiro atoms. The van der Waals surface area contributed by atoms with Gasteiger partial charge >= 0.3 is 0 Å². The lowest BCUT2D eigenvalue weighted by atomic mass is 10.1. The summed E-state index contributed by atoms with van der Waals surface area (Å²) in [5.41, 5.74) is 5.71. The van der Waals surface area contributed by atoms with Crippen LogP contribution < -0.4 is 11.1 Å². The lowest BCUT2D eigenvalue weighted by Crippen LogP contribution is -2.31. The standard InChI is InChI=1S/C12H16F2N2O.ClH/c1-8(15)7-11(17)16-6-5-9-3-2-4-10(13)12(9)14;/h2-4,8H,5-7,15H2,1H3,(H,16,17);1H. The summed E-state index contributed by atoms with van der Waals surface area (Å²) >= 11 is 0. The molecular formula is C12H17ClF2N2O. The van der Waals surface area contributed by atoms with Gasteiger partial charge in [-0.2, -0.15) is 0 Å². The summed E-state index contributed by atoms with van der Waals surface area (Å²) in [5.74, 6) is -1.91. The molecule has 0 aliphatic heterocycles. The maximum atomic E-state index is 13.2. The van der Waals surface area contributed by atoms with Crippen LogP contribution in [0.2, 0.25) is 0 Å². The topological polar surface area (TPSA) is 55.1 Å². The molecule has 1 unspecified atom stereocenters. The van der Waals surface area contributed by atoms with E-state index >= 15 is 0 Å².